The Hall–Kier alpha value is -8.04. The second-order valence-corrected chi connectivity index (χ2v) is 12.8. The molecule has 276 valence electrons. The van der Waals surface area contributed by atoms with Crippen molar-refractivity contribution in [2.75, 3.05) is 0 Å². The normalized spacial score (nSPS) is 10.5. The first-order chi connectivity index (χ1) is 27.7. The molecule has 0 saturated carbocycles. The summed E-state index contributed by atoms with van der Waals surface area (Å²) in [5.74, 6) is -4.12. The summed E-state index contributed by atoms with van der Waals surface area (Å²) in [5.41, 5.74) is 5.26. The second-order valence-electron chi connectivity index (χ2n) is 12.8. The summed E-state index contributed by atoms with van der Waals surface area (Å²) < 4.78 is 0. The molecule has 9 heteroatoms. The lowest BCUT2D eigenvalue weighted by molar-refractivity contribution is 0.0696. The first-order valence-corrected chi connectivity index (χ1v) is 17.8. The SMILES string of the molecule is O=C(O)c1cc(C(=O)O)cc(C(=O)O)c1.c1ccc2nc3ccccc3cc2c1.c1ccc2nc3ccccc3cc2c1.c1ccc2nc3ccccc3cc2c1. The molecule has 0 amide bonds. The number of para-hydroxylation sites is 6. The maximum absolute atomic E-state index is 10.6. The van der Waals surface area contributed by atoms with E-state index >= 15 is 0 Å². The van der Waals surface area contributed by atoms with E-state index in [2.05, 4.69) is 69.5 Å². The van der Waals surface area contributed by atoms with Gasteiger partial charge in [-0.3, -0.25) is 0 Å². The maximum atomic E-state index is 10.6. The van der Waals surface area contributed by atoms with Gasteiger partial charge in [0.05, 0.1) is 49.8 Å². The van der Waals surface area contributed by atoms with Crippen LogP contribution in [0.5, 0.6) is 0 Å². The number of aromatic carboxylic acids is 3. The fourth-order valence-electron chi connectivity index (χ4n) is 6.16. The molecule has 0 spiro atoms. The highest BCUT2D eigenvalue weighted by Gasteiger charge is 2.14. The Kier molecular flexibility index (Phi) is 11.1. The van der Waals surface area contributed by atoms with Crippen molar-refractivity contribution in [2.45, 2.75) is 0 Å². The monoisotopic (exact) mass is 747 g/mol. The smallest absolute Gasteiger partial charge is 0.335 e. The molecule has 10 aromatic rings. The fourth-order valence-corrected chi connectivity index (χ4v) is 6.16. The molecular formula is C48H33N3O6. The van der Waals surface area contributed by atoms with Gasteiger partial charge in [-0.15, -0.1) is 0 Å². The summed E-state index contributed by atoms with van der Waals surface area (Å²) in [6.45, 7) is 0. The van der Waals surface area contributed by atoms with E-state index in [9.17, 15) is 14.4 Å². The van der Waals surface area contributed by atoms with Gasteiger partial charge in [0, 0.05) is 32.3 Å². The number of rotatable bonds is 3. The average Bonchev–Trinajstić information content (AvgIpc) is 3.24. The Labute approximate surface area is 325 Å². The molecule has 0 unspecified atom stereocenters. The summed E-state index contributed by atoms with van der Waals surface area (Å²) in [6, 6.07) is 58.4. The predicted molar refractivity (Wildman–Crippen MR) is 225 cm³/mol. The molecule has 0 fully saturated rings. The largest absolute Gasteiger partial charge is 0.478 e. The van der Waals surface area contributed by atoms with Crippen LogP contribution in [0.25, 0.3) is 65.4 Å². The van der Waals surface area contributed by atoms with E-state index in [1.54, 1.807) is 0 Å². The first kappa shape index (κ1) is 37.3. The zero-order valence-corrected chi connectivity index (χ0v) is 30.2. The molecule has 3 aromatic heterocycles. The molecule has 57 heavy (non-hydrogen) atoms. The van der Waals surface area contributed by atoms with E-state index in [0.717, 1.165) is 51.3 Å². The minimum atomic E-state index is -1.37. The number of carboxylic acid groups (broad SMARTS) is 3. The maximum Gasteiger partial charge on any atom is 0.335 e. The number of carboxylic acids is 3. The molecule has 0 aliphatic rings. The molecule has 0 aliphatic carbocycles. The van der Waals surface area contributed by atoms with Gasteiger partial charge in [-0.1, -0.05) is 109 Å². The molecule has 0 aliphatic heterocycles. The van der Waals surface area contributed by atoms with Crippen LogP contribution in [0.15, 0.2) is 182 Å². The standard InChI is InChI=1S/3C13H9N.C9H6O6/c3*1-3-7-12-10(5-1)9-11-6-2-4-8-13(11)14-12;10-7(11)4-1-5(8(12)13)3-6(2-4)9(14)15/h3*1-9H;1-3H,(H,10,11)(H,12,13)(H,14,15). The van der Waals surface area contributed by atoms with E-state index in [4.69, 9.17) is 15.3 Å². The molecule has 3 N–H and O–H groups in total. The van der Waals surface area contributed by atoms with Gasteiger partial charge in [0.25, 0.3) is 0 Å². The van der Waals surface area contributed by atoms with E-state index < -0.39 is 17.9 Å². The van der Waals surface area contributed by atoms with E-state index in [-0.39, 0.29) is 16.7 Å². The van der Waals surface area contributed by atoms with Crippen molar-refractivity contribution in [2.24, 2.45) is 0 Å². The van der Waals surface area contributed by atoms with Crippen molar-refractivity contribution in [3.8, 4) is 0 Å². The quantitative estimate of drug-likeness (QED) is 0.150. The molecule has 0 saturated heterocycles. The number of benzene rings is 7. The average molecular weight is 748 g/mol. The molecule has 0 bridgehead atoms. The number of pyridine rings is 3. The van der Waals surface area contributed by atoms with E-state index in [0.29, 0.717) is 0 Å². The topological polar surface area (TPSA) is 151 Å². The Morgan fingerprint density at radius 3 is 0.632 bits per heavy atom. The lowest BCUT2D eigenvalue weighted by Gasteiger charge is -2.00. The summed E-state index contributed by atoms with van der Waals surface area (Å²) in [6.07, 6.45) is 0. The molecule has 3 heterocycles. The highest BCUT2D eigenvalue weighted by atomic mass is 16.4. The molecule has 0 radical (unpaired) electrons. The van der Waals surface area contributed by atoms with Gasteiger partial charge in [0.15, 0.2) is 0 Å². The lowest BCUT2D eigenvalue weighted by atomic mass is 10.1. The summed E-state index contributed by atoms with van der Waals surface area (Å²) in [7, 11) is 0. The Morgan fingerprint density at radius 2 is 0.456 bits per heavy atom. The van der Waals surface area contributed by atoms with Crippen LogP contribution in [-0.2, 0) is 0 Å². The molecule has 0 atom stereocenters. The van der Waals surface area contributed by atoms with Crippen LogP contribution in [-0.4, -0.2) is 48.2 Å². The Morgan fingerprint density at radius 1 is 0.281 bits per heavy atom. The highest BCUT2D eigenvalue weighted by Crippen LogP contribution is 2.21. The van der Waals surface area contributed by atoms with Gasteiger partial charge >= 0.3 is 17.9 Å². The number of nitrogens with zero attached hydrogens (tertiary/aromatic N) is 3. The van der Waals surface area contributed by atoms with Crippen molar-refractivity contribution in [1.82, 2.24) is 15.0 Å². The third-order valence-corrected chi connectivity index (χ3v) is 8.95. The van der Waals surface area contributed by atoms with Crippen molar-refractivity contribution in [3.63, 3.8) is 0 Å². The molecule has 7 aromatic carbocycles. The van der Waals surface area contributed by atoms with Crippen molar-refractivity contribution in [1.29, 1.82) is 0 Å². The minimum absolute atomic E-state index is 0.368. The van der Waals surface area contributed by atoms with Crippen LogP contribution >= 0.6 is 0 Å². The number of hydrogen-bond acceptors (Lipinski definition) is 6. The Balaban J connectivity index is 0.000000116. The van der Waals surface area contributed by atoms with Crippen LogP contribution in [0.1, 0.15) is 31.1 Å². The van der Waals surface area contributed by atoms with E-state index in [1.807, 2.05) is 109 Å². The predicted octanol–water partition coefficient (Wildman–Crippen LogP) is 10.9. The first-order valence-electron chi connectivity index (χ1n) is 17.8. The van der Waals surface area contributed by atoms with Gasteiger partial charge in [0.1, 0.15) is 0 Å². The van der Waals surface area contributed by atoms with Crippen LogP contribution in [0, 0.1) is 0 Å². The number of fused-ring (bicyclic) bond motifs is 6. The van der Waals surface area contributed by atoms with Crippen LogP contribution < -0.4 is 0 Å². The number of carbonyl (C=O) groups is 3. The molecule has 10 rings (SSSR count). The summed E-state index contributed by atoms with van der Waals surface area (Å²) in [5, 5.41) is 33.0. The zero-order valence-electron chi connectivity index (χ0n) is 30.2. The zero-order chi connectivity index (χ0) is 39.7. The number of hydrogen-bond donors (Lipinski definition) is 3. The van der Waals surface area contributed by atoms with Gasteiger partial charge in [-0.05, 0) is 72.8 Å². The molecule has 9 nitrogen and oxygen atoms in total. The second kappa shape index (κ2) is 17.0. The third kappa shape index (κ3) is 9.02. The summed E-state index contributed by atoms with van der Waals surface area (Å²) in [4.78, 5) is 45.4. The van der Waals surface area contributed by atoms with Crippen LogP contribution in [0.4, 0.5) is 0 Å². The highest BCUT2D eigenvalue weighted by molar-refractivity contribution is 5.99. The van der Waals surface area contributed by atoms with Gasteiger partial charge in [-0.2, -0.15) is 0 Å². The number of aromatic nitrogens is 3. The van der Waals surface area contributed by atoms with Gasteiger partial charge < -0.3 is 15.3 Å². The fraction of sp³-hybridized carbons (Fsp3) is 0. The van der Waals surface area contributed by atoms with Crippen LogP contribution in [0.3, 0.4) is 0 Å². The Bertz CT molecular complexity index is 2430. The lowest BCUT2D eigenvalue weighted by Crippen LogP contribution is -2.07. The van der Waals surface area contributed by atoms with Crippen molar-refractivity contribution in [3.05, 3.63) is 199 Å². The summed E-state index contributed by atoms with van der Waals surface area (Å²) >= 11 is 0. The minimum Gasteiger partial charge on any atom is -0.478 e. The van der Waals surface area contributed by atoms with Gasteiger partial charge in [-0.25, -0.2) is 29.3 Å². The van der Waals surface area contributed by atoms with Crippen molar-refractivity contribution < 1.29 is 29.7 Å². The van der Waals surface area contributed by atoms with Crippen molar-refractivity contribution >= 4 is 83.3 Å². The van der Waals surface area contributed by atoms with Crippen LogP contribution in [0.2, 0.25) is 0 Å². The third-order valence-electron chi connectivity index (χ3n) is 8.95. The van der Waals surface area contributed by atoms with E-state index in [1.165, 1.54) is 32.3 Å². The van der Waals surface area contributed by atoms with Gasteiger partial charge in [0.2, 0.25) is 0 Å². The molecular weight excluding hydrogens is 715 g/mol.